The van der Waals surface area contributed by atoms with Crippen LogP contribution in [0.3, 0.4) is 0 Å². The second kappa shape index (κ2) is 10.2. The summed E-state index contributed by atoms with van der Waals surface area (Å²) in [6, 6.07) is 17.9. The highest BCUT2D eigenvalue weighted by Crippen LogP contribution is 2.32. The molecule has 1 nitrogen and oxygen atoms in total. The fourth-order valence-corrected chi connectivity index (χ4v) is 4.24. The van der Waals surface area contributed by atoms with Gasteiger partial charge in [0.25, 0.3) is 0 Å². The van der Waals surface area contributed by atoms with E-state index in [0.717, 1.165) is 42.4 Å². The van der Waals surface area contributed by atoms with E-state index in [1.165, 1.54) is 6.07 Å². The maximum atomic E-state index is 15.0. The summed E-state index contributed by atoms with van der Waals surface area (Å²) in [6.07, 6.45) is 4.52. The lowest BCUT2D eigenvalue weighted by Gasteiger charge is -2.25. The molecular weight excluding hydrogens is 412 g/mol. The summed E-state index contributed by atoms with van der Waals surface area (Å²) < 4.78 is 29.7. The van der Waals surface area contributed by atoms with E-state index in [2.05, 4.69) is 36.7 Å². The Morgan fingerprint density at radius 1 is 0.848 bits per heavy atom. The predicted octanol–water partition coefficient (Wildman–Crippen LogP) is 6.54. The Morgan fingerprint density at radius 3 is 1.94 bits per heavy atom. The summed E-state index contributed by atoms with van der Waals surface area (Å²) in [5.74, 6) is 11.1. The summed E-state index contributed by atoms with van der Waals surface area (Å²) in [5.41, 5.74) is 4.16. The van der Waals surface area contributed by atoms with E-state index in [-0.39, 0.29) is 5.56 Å². The van der Waals surface area contributed by atoms with Crippen LogP contribution in [0.1, 0.15) is 65.1 Å². The molecule has 0 N–H and O–H groups in total. The van der Waals surface area contributed by atoms with Crippen molar-refractivity contribution in [2.45, 2.75) is 39.0 Å². The van der Waals surface area contributed by atoms with Gasteiger partial charge in [-0.1, -0.05) is 43.4 Å². The molecule has 1 aliphatic carbocycles. The van der Waals surface area contributed by atoms with Crippen molar-refractivity contribution in [3.63, 3.8) is 0 Å². The summed E-state index contributed by atoms with van der Waals surface area (Å²) in [4.78, 5) is 0. The smallest absolute Gasteiger partial charge is 0.145 e. The maximum absolute atomic E-state index is 15.0. The van der Waals surface area contributed by atoms with Gasteiger partial charge in [0.1, 0.15) is 11.6 Å². The number of rotatable bonds is 2. The van der Waals surface area contributed by atoms with Gasteiger partial charge in [-0.2, -0.15) is 5.26 Å². The molecule has 1 aliphatic rings. The van der Waals surface area contributed by atoms with E-state index in [9.17, 15) is 4.39 Å². The van der Waals surface area contributed by atoms with Gasteiger partial charge in [0.05, 0.1) is 17.2 Å². The van der Waals surface area contributed by atoms with Gasteiger partial charge in [-0.15, -0.1) is 0 Å². The molecule has 0 aliphatic heterocycles. The van der Waals surface area contributed by atoms with E-state index in [4.69, 9.17) is 5.26 Å². The fraction of sp³-hybridized carbons (Fsp3) is 0.233. The van der Waals surface area contributed by atoms with E-state index in [1.807, 2.05) is 12.1 Å². The van der Waals surface area contributed by atoms with Gasteiger partial charge in [-0.25, -0.2) is 8.78 Å². The van der Waals surface area contributed by atoms with Crippen molar-refractivity contribution in [3.8, 4) is 29.8 Å². The zero-order chi connectivity index (χ0) is 23.2. The highest BCUT2D eigenvalue weighted by Gasteiger charge is 2.24. The van der Waals surface area contributed by atoms with Crippen LogP contribution in [0, 0.1) is 52.6 Å². The second-order valence-corrected chi connectivity index (χ2v) is 8.35. The second-order valence-electron chi connectivity index (χ2n) is 8.35. The number of benzene rings is 3. The zero-order valence-corrected chi connectivity index (χ0v) is 18.5. The topological polar surface area (TPSA) is 23.8 Å². The van der Waals surface area contributed by atoms with Gasteiger partial charge in [0, 0.05) is 16.7 Å². The average Bonchev–Trinajstić information content (AvgIpc) is 2.83. The SMILES string of the molecule is CCCC1CCc2c(cc(F)c(C#Cc3ccc(C#Cc4ccc(C#N)cc4)cc3)c2F)C1. The Bertz CT molecular complexity index is 1320. The van der Waals surface area contributed by atoms with E-state index >= 15 is 4.39 Å². The highest BCUT2D eigenvalue weighted by molar-refractivity contribution is 5.50. The summed E-state index contributed by atoms with van der Waals surface area (Å²) in [7, 11) is 0. The third-order valence-electron chi connectivity index (χ3n) is 6.00. The van der Waals surface area contributed by atoms with Gasteiger partial charge in [0.15, 0.2) is 0 Å². The number of fused-ring (bicyclic) bond motifs is 1. The minimum absolute atomic E-state index is 0.146. The van der Waals surface area contributed by atoms with Gasteiger partial charge in [0.2, 0.25) is 0 Å². The largest absolute Gasteiger partial charge is 0.206 e. The molecule has 3 aromatic carbocycles. The van der Waals surface area contributed by atoms with Crippen LogP contribution in [0.5, 0.6) is 0 Å². The molecule has 0 heterocycles. The number of hydrogen-bond donors (Lipinski definition) is 0. The molecule has 1 unspecified atom stereocenters. The fourth-order valence-electron chi connectivity index (χ4n) is 4.24. The Kier molecular flexibility index (Phi) is 6.88. The minimum atomic E-state index is -0.583. The van der Waals surface area contributed by atoms with E-state index in [0.29, 0.717) is 29.0 Å². The van der Waals surface area contributed by atoms with Crippen molar-refractivity contribution in [2.75, 3.05) is 0 Å². The van der Waals surface area contributed by atoms with Crippen LogP contribution in [-0.2, 0) is 12.8 Å². The van der Waals surface area contributed by atoms with Gasteiger partial charge >= 0.3 is 0 Å². The van der Waals surface area contributed by atoms with Crippen molar-refractivity contribution in [1.29, 1.82) is 5.26 Å². The zero-order valence-electron chi connectivity index (χ0n) is 18.5. The minimum Gasteiger partial charge on any atom is -0.206 e. The molecule has 162 valence electrons. The Hall–Kier alpha value is -3.87. The lowest BCUT2D eigenvalue weighted by Crippen LogP contribution is -2.17. The normalized spacial score (nSPS) is 14.2. The molecule has 0 radical (unpaired) electrons. The Balaban J connectivity index is 1.51. The first kappa shape index (κ1) is 22.3. The molecule has 0 saturated heterocycles. The molecule has 0 saturated carbocycles. The molecule has 3 aromatic rings. The molecule has 1 atom stereocenters. The van der Waals surface area contributed by atoms with Crippen LogP contribution in [0.4, 0.5) is 8.78 Å². The number of hydrogen-bond acceptors (Lipinski definition) is 1. The van der Waals surface area contributed by atoms with E-state index < -0.39 is 11.6 Å². The summed E-state index contributed by atoms with van der Waals surface area (Å²) >= 11 is 0. The monoisotopic (exact) mass is 435 g/mol. The van der Waals surface area contributed by atoms with Crippen molar-refractivity contribution in [1.82, 2.24) is 0 Å². The van der Waals surface area contributed by atoms with Crippen LogP contribution < -0.4 is 0 Å². The Morgan fingerprint density at radius 2 is 1.39 bits per heavy atom. The van der Waals surface area contributed by atoms with Crippen LogP contribution in [0.25, 0.3) is 0 Å². The lowest BCUT2D eigenvalue weighted by atomic mass is 9.81. The lowest BCUT2D eigenvalue weighted by molar-refractivity contribution is 0.411. The number of halogens is 2. The molecule has 0 fully saturated rings. The van der Waals surface area contributed by atoms with Crippen molar-refractivity contribution in [3.05, 3.63) is 105 Å². The van der Waals surface area contributed by atoms with Crippen LogP contribution in [-0.4, -0.2) is 0 Å². The number of nitrogens with zero attached hydrogens (tertiary/aromatic N) is 1. The predicted molar refractivity (Wildman–Crippen MR) is 126 cm³/mol. The first-order valence-corrected chi connectivity index (χ1v) is 11.2. The van der Waals surface area contributed by atoms with Crippen molar-refractivity contribution >= 4 is 0 Å². The van der Waals surface area contributed by atoms with Crippen molar-refractivity contribution in [2.24, 2.45) is 5.92 Å². The molecule has 4 rings (SSSR count). The average molecular weight is 436 g/mol. The van der Waals surface area contributed by atoms with Crippen LogP contribution in [0.2, 0.25) is 0 Å². The summed E-state index contributed by atoms with van der Waals surface area (Å²) in [5, 5.41) is 8.85. The molecule has 3 heteroatoms. The Labute approximate surface area is 194 Å². The molecule has 33 heavy (non-hydrogen) atoms. The first-order valence-electron chi connectivity index (χ1n) is 11.2. The molecule has 0 spiro atoms. The molecule has 0 aromatic heterocycles. The summed E-state index contributed by atoms with van der Waals surface area (Å²) in [6.45, 7) is 2.14. The maximum Gasteiger partial charge on any atom is 0.145 e. The third kappa shape index (κ3) is 5.31. The van der Waals surface area contributed by atoms with Crippen molar-refractivity contribution < 1.29 is 8.78 Å². The molecule has 0 bridgehead atoms. The quantitative estimate of drug-likeness (QED) is 0.419. The van der Waals surface area contributed by atoms with Gasteiger partial charge in [-0.3, -0.25) is 0 Å². The molecular formula is C30H23F2N. The van der Waals surface area contributed by atoms with Gasteiger partial charge in [-0.05, 0) is 90.9 Å². The standard InChI is InChI=1S/C30H23F2N/c1-2-3-24-15-16-27-26(18-24)19-29(31)28(30(27)32)17-14-23-8-6-21(7-9-23)4-5-22-10-12-25(20-33)13-11-22/h6-13,19,24H,2-3,15-16,18H2,1H3. The van der Waals surface area contributed by atoms with Crippen LogP contribution in [0.15, 0.2) is 54.6 Å². The highest BCUT2D eigenvalue weighted by atomic mass is 19.1. The van der Waals surface area contributed by atoms with Crippen LogP contribution >= 0.6 is 0 Å². The van der Waals surface area contributed by atoms with Gasteiger partial charge < -0.3 is 0 Å². The molecule has 0 amide bonds. The number of nitriles is 1. The van der Waals surface area contributed by atoms with E-state index in [1.54, 1.807) is 36.4 Å². The first-order chi connectivity index (χ1) is 16.1. The third-order valence-corrected chi connectivity index (χ3v) is 6.00.